The lowest BCUT2D eigenvalue weighted by atomic mass is 10.2. The van der Waals surface area contributed by atoms with Gasteiger partial charge in [-0.2, -0.15) is 5.10 Å². The van der Waals surface area contributed by atoms with Crippen LogP contribution in [0.4, 0.5) is 0 Å². The number of aromatic nitrogens is 2. The predicted octanol–water partition coefficient (Wildman–Crippen LogP) is 1.63. The van der Waals surface area contributed by atoms with Gasteiger partial charge in [-0.1, -0.05) is 6.92 Å². The summed E-state index contributed by atoms with van der Waals surface area (Å²) in [7, 11) is 1.74. The van der Waals surface area contributed by atoms with Crippen molar-refractivity contribution in [2.45, 2.75) is 32.2 Å². The maximum atomic E-state index is 5.02. The molecule has 0 radical (unpaired) electrons. The van der Waals surface area contributed by atoms with Crippen molar-refractivity contribution in [2.24, 2.45) is 5.92 Å². The van der Waals surface area contributed by atoms with Gasteiger partial charge in [-0.15, -0.1) is 0 Å². The van der Waals surface area contributed by atoms with E-state index in [1.165, 1.54) is 12.1 Å². The summed E-state index contributed by atoms with van der Waals surface area (Å²) >= 11 is 0. The van der Waals surface area contributed by atoms with Gasteiger partial charge in [0.1, 0.15) is 0 Å². The molecule has 0 bridgehead atoms. The number of hydrogen-bond acceptors (Lipinski definition) is 3. The number of aryl methyl sites for hydroxylation is 1. The molecular weight excluding hydrogens is 214 g/mol. The first-order valence-corrected chi connectivity index (χ1v) is 6.58. The number of ether oxygens (including phenoxy) is 1. The summed E-state index contributed by atoms with van der Waals surface area (Å²) in [5.41, 5.74) is 1.42. The van der Waals surface area contributed by atoms with Crippen molar-refractivity contribution in [1.82, 2.24) is 15.1 Å². The highest BCUT2D eigenvalue weighted by atomic mass is 16.5. The van der Waals surface area contributed by atoms with E-state index in [0.717, 1.165) is 44.5 Å². The minimum absolute atomic E-state index is 0.721. The van der Waals surface area contributed by atoms with Gasteiger partial charge in [0, 0.05) is 38.0 Å². The van der Waals surface area contributed by atoms with E-state index >= 15 is 0 Å². The average Bonchev–Trinajstić information content (AvgIpc) is 2.95. The van der Waals surface area contributed by atoms with Crippen LogP contribution in [-0.4, -0.2) is 36.6 Å². The van der Waals surface area contributed by atoms with E-state index in [-0.39, 0.29) is 0 Å². The molecule has 1 aliphatic rings. The molecule has 0 aromatic carbocycles. The topological polar surface area (TPSA) is 39.1 Å². The van der Waals surface area contributed by atoms with Crippen LogP contribution >= 0.6 is 0 Å². The normalized spacial score (nSPS) is 22.9. The molecule has 2 atom stereocenters. The first-order valence-electron chi connectivity index (χ1n) is 6.58. The van der Waals surface area contributed by atoms with Gasteiger partial charge in [0.2, 0.25) is 0 Å². The summed E-state index contributed by atoms with van der Waals surface area (Å²) in [6.45, 7) is 6.09. The molecule has 1 fully saturated rings. The fourth-order valence-electron chi connectivity index (χ4n) is 2.35. The third-order valence-corrected chi connectivity index (χ3v) is 3.38. The van der Waals surface area contributed by atoms with Gasteiger partial charge in [-0.3, -0.25) is 4.68 Å². The molecule has 0 spiro atoms. The largest absolute Gasteiger partial charge is 0.383 e. The molecule has 1 aromatic rings. The Balaban J connectivity index is 1.75. The van der Waals surface area contributed by atoms with Crippen molar-refractivity contribution in [2.75, 3.05) is 26.8 Å². The van der Waals surface area contributed by atoms with E-state index in [1.807, 2.05) is 6.20 Å². The quantitative estimate of drug-likeness (QED) is 0.699. The van der Waals surface area contributed by atoms with Gasteiger partial charge in [0.15, 0.2) is 0 Å². The molecule has 0 saturated heterocycles. The molecule has 1 N–H and O–H groups in total. The maximum Gasteiger partial charge on any atom is 0.0587 e. The summed E-state index contributed by atoms with van der Waals surface area (Å²) in [6.07, 6.45) is 4.38. The van der Waals surface area contributed by atoms with Gasteiger partial charge in [0.05, 0.1) is 6.61 Å². The second-order valence-corrected chi connectivity index (χ2v) is 4.78. The van der Waals surface area contributed by atoms with E-state index < -0.39 is 0 Å². The molecule has 2 rings (SSSR count). The molecule has 0 aliphatic heterocycles. The fourth-order valence-corrected chi connectivity index (χ4v) is 2.35. The highest BCUT2D eigenvalue weighted by Gasteiger charge is 2.39. The zero-order valence-electron chi connectivity index (χ0n) is 10.9. The van der Waals surface area contributed by atoms with E-state index in [1.54, 1.807) is 7.11 Å². The van der Waals surface area contributed by atoms with Crippen molar-refractivity contribution in [1.29, 1.82) is 0 Å². The summed E-state index contributed by atoms with van der Waals surface area (Å²) < 4.78 is 7.18. The molecule has 96 valence electrons. The molecule has 1 heterocycles. The second kappa shape index (κ2) is 6.17. The van der Waals surface area contributed by atoms with Crippen LogP contribution in [0.5, 0.6) is 0 Å². The lowest BCUT2D eigenvalue weighted by molar-refractivity contribution is 0.199. The molecule has 4 heteroatoms. The Morgan fingerprint density at radius 2 is 2.47 bits per heavy atom. The predicted molar refractivity (Wildman–Crippen MR) is 68.1 cm³/mol. The van der Waals surface area contributed by atoms with Crippen LogP contribution < -0.4 is 5.32 Å². The smallest absolute Gasteiger partial charge is 0.0587 e. The van der Waals surface area contributed by atoms with E-state index in [4.69, 9.17) is 4.74 Å². The standard InChI is InChI=1S/C13H23N3O/c1-3-7-16-13(4-5-15-16)12-9-11(12)10-14-6-8-17-2/h4-5,11-12,14H,3,6-10H2,1-2H3. The van der Waals surface area contributed by atoms with Crippen LogP contribution in [0.3, 0.4) is 0 Å². The van der Waals surface area contributed by atoms with Crippen molar-refractivity contribution in [3.8, 4) is 0 Å². The van der Waals surface area contributed by atoms with Crippen LogP contribution in [0.25, 0.3) is 0 Å². The van der Waals surface area contributed by atoms with Gasteiger partial charge in [-0.05, 0) is 31.4 Å². The highest BCUT2D eigenvalue weighted by Crippen LogP contribution is 2.46. The Labute approximate surface area is 103 Å². The molecule has 17 heavy (non-hydrogen) atoms. The molecule has 2 unspecified atom stereocenters. The molecule has 4 nitrogen and oxygen atoms in total. The lowest BCUT2D eigenvalue weighted by Gasteiger charge is -2.06. The molecule has 1 aliphatic carbocycles. The third kappa shape index (κ3) is 3.30. The monoisotopic (exact) mass is 237 g/mol. The Kier molecular flexibility index (Phi) is 4.57. The van der Waals surface area contributed by atoms with Gasteiger partial charge in [-0.25, -0.2) is 0 Å². The number of nitrogens with zero attached hydrogens (tertiary/aromatic N) is 2. The second-order valence-electron chi connectivity index (χ2n) is 4.78. The number of rotatable bonds is 8. The Hall–Kier alpha value is -0.870. The first-order chi connectivity index (χ1) is 8.36. The fraction of sp³-hybridized carbons (Fsp3) is 0.769. The Bertz CT molecular complexity index is 337. The van der Waals surface area contributed by atoms with Gasteiger partial charge in [0.25, 0.3) is 0 Å². The van der Waals surface area contributed by atoms with E-state index in [9.17, 15) is 0 Å². The van der Waals surface area contributed by atoms with Crippen LogP contribution in [-0.2, 0) is 11.3 Å². The minimum Gasteiger partial charge on any atom is -0.383 e. The molecule has 1 saturated carbocycles. The average molecular weight is 237 g/mol. The van der Waals surface area contributed by atoms with Crippen LogP contribution in [0.1, 0.15) is 31.4 Å². The van der Waals surface area contributed by atoms with Gasteiger partial charge >= 0.3 is 0 Å². The van der Waals surface area contributed by atoms with Crippen molar-refractivity contribution in [3.05, 3.63) is 18.0 Å². The minimum atomic E-state index is 0.721. The van der Waals surface area contributed by atoms with E-state index in [2.05, 4.69) is 28.1 Å². The van der Waals surface area contributed by atoms with Gasteiger partial charge < -0.3 is 10.1 Å². The van der Waals surface area contributed by atoms with E-state index in [0.29, 0.717) is 0 Å². The first kappa shape index (κ1) is 12.6. The maximum absolute atomic E-state index is 5.02. The summed E-state index contributed by atoms with van der Waals surface area (Å²) in [5.74, 6) is 1.51. The zero-order chi connectivity index (χ0) is 12.1. The number of hydrogen-bond donors (Lipinski definition) is 1. The summed E-state index contributed by atoms with van der Waals surface area (Å²) in [5, 5.41) is 7.82. The summed E-state index contributed by atoms with van der Waals surface area (Å²) in [6, 6.07) is 2.18. The lowest BCUT2D eigenvalue weighted by Crippen LogP contribution is -2.22. The van der Waals surface area contributed by atoms with Crippen LogP contribution in [0.2, 0.25) is 0 Å². The van der Waals surface area contributed by atoms with Crippen molar-refractivity contribution in [3.63, 3.8) is 0 Å². The van der Waals surface area contributed by atoms with Crippen molar-refractivity contribution >= 4 is 0 Å². The molecule has 1 aromatic heterocycles. The Morgan fingerprint density at radius 1 is 1.59 bits per heavy atom. The van der Waals surface area contributed by atoms with Crippen molar-refractivity contribution < 1.29 is 4.74 Å². The SMILES string of the molecule is CCCn1nccc1C1CC1CNCCOC. The van der Waals surface area contributed by atoms with Crippen LogP contribution in [0.15, 0.2) is 12.3 Å². The zero-order valence-corrected chi connectivity index (χ0v) is 10.9. The highest BCUT2D eigenvalue weighted by molar-refractivity contribution is 5.17. The number of methoxy groups -OCH3 is 1. The molecular formula is C13H23N3O. The Morgan fingerprint density at radius 3 is 3.24 bits per heavy atom. The third-order valence-electron chi connectivity index (χ3n) is 3.38. The summed E-state index contributed by atoms with van der Waals surface area (Å²) in [4.78, 5) is 0. The molecule has 0 amide bonds. The van der Waals surface area contributed by atoms with Crippen LogP contribution in [0, 0.1) is 5.92 Å². The number of nitrogens with one attached hydrogen (secondary N) is 1.